The Hall–Kier alpha value is -0.540. The lowest BCUT2D eigenvalue weighted by atomic mass is 10.0. The fourth-order valence-corrected chi connectivity index (χ4v) is 2.07. The Morgan fingerprint density at radius 3 is 2.22 bits per heavy atom. The van der Waals surface area contributed by atoms with Gasteiger partial charge in [0.2, 0.25) is 0 Å². The van der Waals surface area contributed by atoms with Gasteiger partial charge in [-0.15, -0.1) is 0 Å². The van der Waals surface area contributed by atoms with Crippen LogP contribution in [-0.4, -0.2) is 19.0 Å². The van der Waals surface area contributed by atoms with E-state index < -0.39 is 0 Å². The van der Waals surface area contributed by atoms with E-state index in [4.69, 9.17) is 21.1 Å². The van der Waals surface area contributed by atoms with E-state index in [0.717, 1.165) is 28.5 Å². The lowest BCUT2D eigenvalue weighted by molar-refractivity contribution is 0.287. The summed E-state index contributed by atoms with van der Waals surface area (Å²) in [6.45, 7) is 7.27. The first-order valence-electron chi connectivity index (χ1n) is 6.31. The first-order valence-corrected chi connectivity index (χ1v) is 7.32. The van der Waals surface area contributed by atoms with E-state index in [-0.39, 0.29) is 0 Å². The predicted molar refractivity (Wildman–Crippen MR) is 80.5 cm³/mol. The van der Waals surface area contributed by atoms with Gasteiger partial charge >= 0.3 is 0 Å². The molecule has 0 heterocycles. The third-order valence-corrected chi connectivity index (χ3v) is 3.57. The lowest BCUT2D eigenvalue weighted by Crippen LogP contribution is -2.04. The number of rotatable bonds is 7. The highest BCUT2D eigenvalue weighted by molar-refractivity contribution is 7.80. The molecular weight excluding hydrogens is 268 g/mol. The van der Waals surface area contributed by atoms with Gasteiger partial charge in [0.1, 0.15) is 0 Å². The molecule has 18 heavy (non-hydrogen) atoms. The molecule has 0 N–H and O–H groups in total. The van der Waals surface area contributed by atoms with Crippen LogP contribution in [0.4, 0.5) is 0 Å². The molecule has 0 fully saturated rings. The summed E-state index contributed by atoms with van der Waals surface area (Å²) in [5.41, 5.74) is 1.09. The molecule has 0 aliphatic carbocycles. The van der Waals surface area contributed by atoms with Crippen molar-refractivity contribution in [3.63, 3.8) is 0 Å². The molecule has 0 saturated carbocycles. The molecule has 0 spiro atoms. The third-order valence-electron chi connectivity index (χ3n) is 2.59. The second kappa shape index (κ2) is 7.80. The fraction of sp³-hybridized carbons (Fsp3) is 0.571. The number of hydrogen-bond acceptors (Lipinski definition) is 3. The summed E-state index contributed by atoms with van der Waals surface area (Å²) in [5.74, 6) is 2.81. The van der Waals surface area contributed by atoms with Crippen molar-refractivity contribution in [3.8, 4) is 11.5 Å². The average molecular weight is 289 g/mol. The van der Waals surface area contributed by atoms with Crippen LogP contribution >= 0.6 is 24.2 Å². The van der Waals surface area contributed by atoms with Crippen LogP contribution in [-0.2, 0) is 6.42 Å². The number of thiol groups is 1. The Kier molecular flexibility index (Phi) is 6.72. The molecule has 0 radical (unpaired) electrons. The van der Waals surface area contributed by atoms with Crippen LogP contribution < -0.4 is 9.47 Å². The number of ether oxygens (including phenoxy) is 2. The van der Waals surface area contributed by atoms with Gasteiger partial charge in [-0.25, -0.2) is 0 Å². The zero-order valence-electron chi connectivity index (χ0n) is 11.2. The molecule has 1 unspecified atom stereocenters. The molecule has 0 bridgehead atoms. The highest BCUT2D eigenvalue weighted by atomic mass is 35.5. The number of halogens is 1. The van der Waals surface area contributed by atoms with Crippen molar-refractivity contribution in [1.82, 2.24) is 0 Å². The van der Waals surface area contributed by atoms with Crippen molar-refractivity contribution >= 4 is 24.2 Å². The standard InChI is InChI=1S/C14H21ClO2S/c1-4-16-13-7-11(6-10(3)9-18)12(15)8-14(13)17-5-2/h7-8,10,18H,4-6,9H2,1-3H3. The Labute approximate surface area is 120 Å². The molecule has 1 aromatic carbocycles. The highest BCUT2D eigenvalue weighted by Gasteiger charge is 2.12. The Morgan fingerprint density at radius 2 is 1.72 bits per heavy atom. The van der Waals surface area contributed by atoms with Gasteiger partial charge in [0.25, 0.3) is 0 Å². The molecule has 4 heteroatoms. The third kappa shape index (κ3) is 4.29. The number of hydrogen-bond donors (Lipinski definition) is 1. The van der Waals surface area contributed by atoms with Crippen LogP contribution in [0.3, 0.4) is 0 Å². The van der Waals surface area contributed by atoms with Crippen molar-refractivity contribution in [2.45, 2.75) is 27.2 Å². The topological polar surface area (TPSA) is 18.5 Å². The first kappa shape index (κ1) is 15.5. The summed E-state index contributed by atoms with van der Waals surface area (Å²) in [4.78, 5) is 0. The molecular formula is C14H21ClO2S. The molecule has 0 aliphatic rings. The van der Waals surface area contributed by atoms with E-state index in [9.17, 15) is 0 Å². The van der Waals surface area contributed by atoms with Crippen molar-refractivity contribution in [1.29, 1.82) is 0 Å². The van der Waals surface area contributed by atoms with E-state index in [1.165, 1.54) is 0 Å². The minimum absolute atomic E-state index is 0.484. The van der Waals surface area contributed by atoms with Crippen molar-refractivity contribution in [3.05, 3.63) is 22.7 Å². The Morgan fingerprint density at radius 1 is 1.17 bits per heavy atom. The molecule has 0 aliphatic heterocycles. The van der Waals surface area contributed by atoms with E-state index in [0.29, 0.717) is 24.9 Å². The summed E-state index contributed by atoms with van der Waals surface area (Å²) >= 11 is 10.6. The van der Waals surface area contributed by atoms with E-state index in [1.807, 2.05) is 26.0 Å². The molecule has 2 nitrogen and oxygen atoms in total. The normalized spacial score (nSPS) is 12.3. The summed E-state index contributed by atoms with van der Waals surface area (Å²) in [6.07, 6.45) is 0.898. The first-order chi connectivity index (χ1) is 8.62. The summed E-state index contributed by atoms with van der Waals surface area (Å²) < 4.78 is 11.1. The molecule has 1 aromatic rings. The predicted octanol–water partition coefficient (Wildman–Crippen LogP) is 4.25. The zero-order valence-corrected chi connectivity index (χ0v) is 12.9. The SMILES string of the molecule is CCOc1cc(Cl)c(CC(C)CS)cc1OCC. The molecule has 0 amide bonds. The second-order valence-corrected chi connectivity index (χ2v) is 5.02. The van der Waals surface area contributed by atoms with Gasteiger partial charge in [0.05, 0.1) is 13.2 Å². The maximum absolute atomic E-state index is 6.28. The summed E-state index contributed by atoms with van der Waals surface area (Å²) in [5, 5.41) is 0.732. The largest absolute Gasteiger partial charge is 0.490 e. The van der Waals surface area contributed by atoms with Crippen LogP contribution in [0, 0.1) is 5.92 Å². The van der Waals surface area contributed by atoms with Gasteiger partial charge in [-0.1, -0.05) is 18.5 Å². The lowest BCUT2D eigenvalue weighted by Gasteiger charge is -2.15. The average Bonchev–Trinajstić information content (AvgIpc) is 2.35. The van der Waals surface area contributed by atoms with E-state index in [1.54, 1.807) is 0 Å². The van der Waals surface area contributed by atoms with Crippen molar-refractivity contribution in [2.75, 3.05) is 19.0 Å². The van der Waals surface area contributed by atoms with Gasteiger partial charge in [0, 0.05) is 11.1 Å². The van der Waals surface area contributed by atoms with Crippen LogP contribution in [0.15, 0.2) is 12.1 Å². The van der Waals surface area contributed by atoms with E-state index >= 15 is 0 Å². The zero-order chi connectivity index (χ0) is 13.5. The minimum Gasteiger partial charge on any atom is -0.490 e. The molecule has 0 aromatic heterocycles. The monoisotopic (exact) mass is 288 g/mol. The van der Waals surface area contributed by atoms with Crippen LogP contribution in [0.1, 0.15) is 26.3 Å². The van der Waals surface area contributed by atoms with Crippen LogP contribution in [0.2, 0.25) is 5.02 Å². The van der Waals surface area contributed by atoms with Gasteiger partial charge < -0.3 is 9.47 Å². The van der Waals surface area contributed by atoms with Gasteiger partial charge in [-0.2, -0.15) is 12.6 Å². The summed E-state index contributed by atoms with van der Waals surface area (Å²) in [7, 11) is 0. The maximum atomic E-state index is 6.28. The maximum Gasteiger partial charge on any atom is 0.162 e. The quantitative estimate of drug-likeness (QED) is 0.756. The molecule has 1 rings (SSSR count). The van der Waals surface area contributed by atoms with Crippen molar-refractivity contribution in [2.24, 2.45) is 5.92 Å². The van der Waals surface area contributed by atoms with Gasteiger partial charge in [-0.3, -0.25) is 0 Å². The molecule has 0 saturated heterocycles. The second-order valence-electron chi connectivity index (χ2n) is 4.25. The Balaban J connectivity index is 3.01. The Bertz CT molecular complexity index is 382. The van der Waals surface area contributed by atoms with Gasteiger partial charge in [0.15, 0.2) is 11.5 Å². The highest BCUT2D eigenvalue weighted by Crippen LogP contribution is 2.34. The van der Waals surface area contributed by atoms with Crippen molar-refractivity contribution < 1.29 is 9.47 Å². The van der Waals surface area contributed by atoms with E-state index in [2.05, 4.69) is 19.6 Å². The van der Waals surface area contributed by atoms with Gasteiger partial charge in [-0.05, 0) is 43.6 Å². The number of benzene rings is 1. The summed E-state index contributed by atoms with van der Waals surface area (Å²) in [6, 6.07) is 3.83. The molecule has 102 valence electrons. The molecule has 1 atom stereocenters. The van der Waals surface area contributed by atoms with Crippen LogP contribution in [0.5, 0.6) is 11.5 Å². The smallest absolute Gasteiger partial charge is 0.162 e. The minimum atomic E-state index is 0.484. The van der Waals surface area contributed by atoms with Crippen LogP contribution in [0.25, 0.3) is 0 Å². The fourth-order valence-electron chi connectivity index (χ4n) is 1.71.